The van der Waals surface area contributed by atoms with Crippen LogP contribution in [0.4, 0.5) is 0 Å². The van der Waals surface area contributed by atoms with Crippen molar-refractivity contribution in [3.05, 3.63) is 145 Å². The number of aromatic nitrogens is 1. The molecule has 1 aromatic heterocycles. The fraction of sp³-hybridized carbons (Fsp3) is 0.182. The van der Waals surface area contributed by atoms with E-state index in [2.05, 4.69) is 97.1 Å². The Morgan fingerprint density at radius 2 is 1.12 bits per heavy atom. The Hall–Kier alpha value is -4.63. The van der Waals surface area contributed by atoms with Crippen molar-refractivity contribution < 1.29 is 30.0 Å². The minimum Gasteiger partial charge on any atom is -0.511 e. The summed E-state index contributed by atoms with van der Waals surface area (Å²) in [7, 11) is 0. The predicted molar refractivity (Wildman–Crippen MR) is 200 cm³/mol. The van der Waals surface area contributed by atoms with Crippen molar-refractivity contribution in [1.29, 1.82) is 0 Å². The van der Waals surface area contributed by atoms with Gasteiger partial charge in [-0.1, -0.05) is 141 Å². The average molecular weight is 808 g/mol. The predicted octanol–water partition coefficient (Wildman–Crippen LogP) is 11.8. The maximum atomic E-state index is 10.5. The Morgan fingerprint density at radius 1 is 0.604 bits per heavy atom. The Morgan fingerprint density at radius 3 is 1.71 bits per heavy atom. The molecule has 0 saturated carbocycles. The van der Waals surface area contributed by atoms with Crippen molar-refractivity contribution in [3.8, 4) is 11.3 Å². The van der Waals surface area contributed by atoms with Crippen LogP contribution >= 0.6 is 0 Å². The monoisotopic (exact) mass is 808 g/mol. The molecule has 4 heteroatoms. The first-order chi connectivity index (χ1) is 22.4. The molecule has 48 heavy (non-hydrogen) atoms. The summed E-state index contributed by atoms with van der Waals surface area (Å²) < 4.78 is 0. The van der Waals surface area contributed by atoms with Gasteiger partial charge in [0.1, 0.15) is 11.3 Å². The van der Waals surface area contributed by atoms with E-state index in [-0.39, 0.29) is 31.6 Å². The van der Waals surface area contributed by atoms with E-state index in [9.17, 15) is 9.90 Å². The van der Waals surface area contributed by atoms with Crippen LogP contribution in [0.25, 0.3) is 59.9 Å². The molecule has 0 amide bonds. The summed E-state index contributed by atoms with van der Waals surface area (Å²) in [6, 6.07) is 45.1. The molecule has 1 heterocycles. The Labute approximate surface area is 296 Å². The summed E-state index contributed by atoms with van der Waals surface area (Å²) in [4.78, 5) is 15.3. The molecular weight excluding hydrogens is 767 g/mol. The Bertz CT molecular complexity index is 2170. The first-order valence-electron chi connectivity index (χ1n) is 16.1. The van der Waals surface area contributed by atoms with Crippen LogP contribution in [-0.4, -0.2) is 20.7 Å². The van der Waals surface area contributed by atoms with Gasteiger partial charge in [0, 0.05) is 31.7 Å². The van der Waals surface area contributed by atoms with Crippen molar-refractivity contribution >= 4 is 54.4 Å². The van der Waals surface area contributed by atoms with Crippen molar-refractivity contribution in [2.75, 3.05) is 0 Å². The zero-order chi connectivity index (χ0) is 33.3. The molecule has 0 atom stereocenters. The number of benzene rings is 6. The molecule has 7 aromatic rings. The van der Waals surface area contributed by atoms with Crippen molar-refractivity contribution in [1.82, 2.24) is 4.98 Å². The van der Waals surface area contributed by atoms with E-state index >= 15 is 0 Å². The van der Waals surface area contributed by atoms with Crippen LogP contribution in [0, 0.1) is 16.9 Å². The van der Waals surface area contributed by atoms with E-state index in [1.807, 2.05) is 78.1 Å². The molecular formula is C44H41IrNO2. The summed E-state index contributed by atoms with van der Waals surface area (Å²) in [6.07, 6.45) is 1.97. The van der Waals surface area contributed by atoms with Crippen molar-refractivity contribution in [2.45, 2.75) is 41.5 Å². The SMILES string of the molecule is CC(C)(C)C(=[OH+])/C(=C(\O)C(C)(C)C)c1ccccc1.[Ir].[c-]1cc2ccc3ccccc3c2cc1-c1cc2c(ccc3ccccc32)cn1. The fourth-order valence-electron chi connectivity index (χ4n) is 5.88. The Kier molecular flexibility index (Phi) is 10.0. The van der Waals surface area contributed by atoms with E-state index < -0.39 is 10.8 Å². The van der Waals surface area contributed by atoms with E-state index in [1.165, 1.54) is 37.7 Å². The molecule has 0 spiro atoms. The molecule has 0 fully saturated rings. The molecule has 0 aliphatic carbocycles. The first-order valence-corrected chi connectivity index (χ1v) is 16.1. The van der Waals surface area contributed by atoms with Crippen molar-refractivity contribution in [3.63, 3.8) is 0 Å². The third-order valence-electron chi connectivity index (χ3n) is 8.54. The second-order valence-electron chi connectivity index (χ2n) is 14.2. The number of rotatable bonds is 3. The second kappa shape index (κ2) is 13.8. The van der Waals surface area contributed by atoms with Gasteiger partial charge in [0.25, 0.3) is 0 Å². The fourth-order valence-corrected chi connectivity index (χ4v) is 5.88. The first kappa shape index (κ1) is 34.7. The normalized spacial score (nSPS) is 12.3. The van der Waals surface area contributed by atoms with E-state index in [4.69, 9.17) is 4.98 Å². The minimum atomic E-state index is -0.412. The van der Waals surface area contributed by atoms with E-state index in [0.717, 1.165) is 22.2 Å². The summed E-state index contributed by atoms with van der Waals surface area (Å²) in [5.74, 6) is 0.428. The van der Waals surface area contributed by atoms with Crippen LogP contribution in [0.3, 0.4) is 0 Å². The van der Waals surface area contributed by atoms with Gasteiger partial charge in [-0.25, -0.2) is 0 Å². The van der Waals surface area contributed by atoms with Gasteiger partial charge in [-0.3, -0.25) is 4.79 Å². The number of allylic oxidation sites excluding steroid dienone is 2. The summed E-state index contributed by atoms with van der Waals surface area (Å²) in [6.45, 7) is 11.6. The summed E-state index contributed by atoms with van der Waals surface area (Å²) >= 11 is 0. The molecule has 2 N–H and O–H groups in total. The molecule has 0 unspecified atom stereocenters. The molecule has 0 aliphatic heterocycles. The molecule has 1 radical (unpaired) electrons. The van der Waals surface area contributed by atoms with Gasteiger partial charge in [-0.15, -0.1) is 23.8 Å². The number of hydrogen-bond donors (Lipinski definition) is 1. The molecule has 7 rings (SSSR count). The van der Waals surface area contributed by atoms with Gasteiger partial charge in [0.2, 0.25) is 0 Å². The van der Waals surface area contributed by atoms with Crippen LogP contribution < -0.4 is 0 Å². The van der Waals surface area contributed by atoms with Gasteiger partial charge in [0.05, 0.1) is 5.41 Å². The van der Waals surface area contributed by atoms with E-state index in [1.54, 1.807) is 0 Å². The summed E-state index contributed by atoms with van der Waals surface area (Å²) in [5, 5.41) is 20.4. The maximum Gasteiger partial charge on any atom is 0.332 e. The van der Waals surface area contributed by atoms with Crippen LogP contribution in [-0.2, 0) is 20.1 Å². The Balaban J connectivity index is 0.000000200. The number of hydrogen-bond acceptors (Lipinski definition) is 2. The number of carbonyl (C=O) groups excluding carboxylic acids is 1. The van der Waals surface area contributed by atoms with Gasteiger partial charge >= 0.3 is 5.78 Å². The smallest absolute Gasteiger partial charge is 0.332 e. The quantitative estimate of drug-likeness (QED) is 0.0636. The molecule has 6 aromatic carbocycles. The van der Waals surface area contributed by atoms with Gasteiger partial charge < -0.3 is 10.1 Å². The zero-order valence-corrected chi connectivity index (χ0v) is 30.7. The largest absolute Gasteiger partial charge is 0.511 e. The molecule has 3 nitrogen and oxygen atoms in total. The number of nitrogens with zero attached hydrogens (tertiary/aromatic N) is 1. The summed E-state index contributed by atoms with van der Waals surface area (Å²) in [5.41, 5.74) is 2.54. The number of fused-ring (bicyclic) bond motifs is 6. The average Bonchev–Trinajstić information content (AvgIpc) is 3.07. The van der Waals surface area contributed by atoms with Gasteiger partial charge in [-0.05, 0) is 64.3 Å². The third kappa shape index (κ3) is 7.11. The zero-order valence-electron chi connectivity index (χ0n) is 28.3. The van der Waals surface area contributed by atoms with Crippen LogP contribution in [0.15, 0.2) is 133 Å². The van der Waals surface area contributed by atoms with Crippen molar-refractivity contribution in [2.24, 2.45) is 10.8 Å². The van der Waals surface area contributed by atoms with Crippen LogP contribution in [0.2, 0.25) is 0 Å². The number of aliphatic hydroxyl groups excluding tert-OH is 1. The number of ketones is 1. The second-order valence-corrected chi connectivity index (χ2v) is 14.2. The topological polar surface area (TPSA) is 54.5 Å². The molecule has 0 saturated heterocycles. The van der Waals surface area contributed by atoms with E-state index in [0.29, 0.717) is 5.57 Å². The maximum absolute atomic E-state index is 10.5. The van der Waals surface area contributed by atoms with Gasteiger partial charge in [0.15, 0.2) is 0 Å². The number of aliphatic hydroxyl groups is 1. The third-order valence-corrected chi connectivity index (χ3v) is 8.54. The van der Waals surface area contributed by atoms with Crippen LogP contribution in [0.1, 0.15) is 47.1 Å². The van der Waals surface area contributed by atoms with Gasteiger partial charge in [-0.2, -0.15) is 0 Å². The molecule has 0 aliphatic rings. The number of pyridine rings is 1. The minimum absolute atomic E-state index is 0. The standard InChI is InChI=1S/C27H16N.C17H24O2.Ir/c1-3-7-23-18(5-1)9-10-20-11-13-21(15-25(20)23)27-16-26-22(17-28-27)14-12-19-6-2-4-8-24(19)26;1-16(2,3)14(18)13(15(19)17(4,5)6)12-10-8-7-9-11-12;/h1-12,14-17H;7-11,18H,1-6H3;/q-1;;/p+1/b;14-13-;. The van der Waals surface area contributed by atoms with Crippen LogP contribution in [0.5, 0.6) is 0 Å². The molecule has 243 valence electrons. The molecule has 0 bridgehead atoms.